The number of hydrogen-bond donors (Lipinski definition) is 4. The van der Waals surface area contributed by atoms with Gasteiger partial charge in [0.25, 0.3) is 5.91 Å². The van der Waals surface area contributed by atoms with Crippen LogP contribution in [0.1, 0.15) is 92.2 Å². The second-order valence-corrected chi connectivity index (χ2v) is 18.1. The summed E-state index contributed by atoms with van der Waals surface area (Å²) in [5.74, 6) is 1.61. The van der Waals surface area contributed by atoms with Crippen molar-refractivity contribution >= 4 is 24.0 Å². The molecule has 2 aromatic heterocycles. The number of rotatable bonds is 11. The second kappa shape index (κ2) is 17.7. The number of likely N-dealkylation sites (tertiary alicyclic amines) is 2. The monoisotopic (exact) mass is 884 g/mol. The average molecular weight is 885 g/mol. The fourth-order valence-corrected chi connectivity index (χ4v) is 10.3. The van der Waals surface area contributed by atoms with Gasteiger partial charge in [-0.1, -0.05) is 56.3 Å². The third-order valence-electron chi connectivity index (χ3n) is 13.6. The molecule has 0 radical (unpaired) electrons. The van der Waals surface area contributed by atoms with Gasteiger partial charge in [-0.15, -0.1) is 0 Å². The molecule has 3 aromatic carbocycles. The van der Waals surface area contributed by atoms with Gasteiger partial charge in [0.1, 0.15) is 36.1 Å². The molecule has 340 valence electrons. The maximum absolute atomic E-state index is 14.4. The number of nitrogens with one attached hydrogen (secondary N) is 3. The number of carboxylic acid groups (broad SMARTS) is 1. The molecule has 0 unspecified atom stereocenters. The lowest BCUT2D eigenvalue weighted by molar-refractivity contribution is -0.138. The van der Waals surface area contributed by atoms with Gasteiger partial charge in [-0.25, -0.2) is 19.6 Å². The van der Waals surface area contributed by atoms with Crippen molar-refractivity contribution in [3.63, 3.8) is 0 Å². The van der Waals surface area contributed by atoms with Crippen LogP contribution in [0.25, 0.3) is 33.6 Å². The SMILES string of the molecule is COC[C@H]1C[C@@H](c2ncc(-c3ccc4c(c3)COc3cc5c(cc3-4)CCc3[nH]c([C@@H]4CC[C@H](C)N4C(=O)[C@@H](NC(=O)OC)C(C)C)nc3-5)[nH]2)N(C(=O)[C@@H](c2ccccc2)N(C)C(=O)O)C1. The average Bonchev–Trinajstić information content (AvgIpc) is 4.13. The zero-order valence-electron chi connectivity index (χ0n) is 37.6. The number of likely N-dealkylation sites (N-methyl/N-ethyl adjacent to an activating group) is 1. The van der Waals surface area contributed by atoms with Gasteiger partial charge in [0.2, 0.25) is 5.91 Å². The van der Waals surface area contributed by atoms with E-state index < -0.39 is 30.3 Å². The van der Waals surface area contributed by atoms with Crippen molar-refractivity contribution in [3.8, 4) is 39.4 Å². The van der Waals surface area contributed by atoms with Crippen LogP contribution in [-0.4, -0.2) is 110 Å². The van der Waals surface area contributed by atoms with Gasteiger partial charge in [0.05, 0.1) is 43.4 Å². The number of ether oxygens (including phenoxy) is 3. The van der Waals surface area contributed by atoms with E-state index in [0.717, 1.165) is 87.1 Å². The van der Waals surface area contributed by atoms with E-state index in [1.807, 2.05) is 31.7 Å². The second-order valence-electron chi connectivity index (χ2n) is 18.1. The molecular weight excluding hydrogens is 829 g/mol. The minimum Gasteiger partial charge on any atom is -0.488 e. The number of methoxy groups -OCH3 is 2. The van der Waals surface area contributed by atoms with E-state index in [2.05, 4.69) is 45.6 Å². The van der Waals surface area contributed by atoms with E-state index in [4.69, 9.17) is 24.2 Å². The van der Waals surface area contributed by atoms with Gasteiger partial charge < -0.3 is 44.4 Å². The number of carbonyl (C=O) groups excluding carboxylic acids is 3. The van der Waals surface area contributed by atoms with Gasteiger partial charge in [-0.3, -0.25) is 14.5 Å². The van der Waals surface area contributed by atoms with E-state index in [1.54, 1.807) is 42.5 Å². The standard InChI is InChI=1S/C49H56N8O8/c1-26(2)41(54-48(60)64-6)46(58)57-27(3)12-17-38(57)45-51-36-16-14-30-20-35-33-15-13-31(19-32(33)25-65-40(35)21-34(30)42(36)53-45)37-22-50-44(52-37)39-18-28(24-63-5)23-56(39)47(59)43(55(4)49(61)62)29-10-8-7-9-11-29/h7-11,13,15,19-22,26-28,38-39,41,43H,12,14,16-18,23-25H2,1-6H3,(H,50,52)(H,51,53)(H,54,60)(H,61,62)/t27-,28-,38-,39-,41-,43+/m0/s1. The molecule has 2 saturated heterocycles. The summed E-state index contributed by atoms with van der Waals surface area (Å²) >= 11 is 0. The van der Waals surface area contributed by atoms with E-state index in [0.29, 0.717) is 37.6 Å². The van der Waals surface area contributed by atoms with Crippen LogP contribution in [0.2, 0.25) is 0 Å². The van der Waals surface area contributed by atoms with Crippen molar-refractivity contribution in [3.05, 3.63) is 101 Å². The Hall–Kier alpha value is -6.68. The highest BCUT2D eigenvalue weighted by atomic mass is 16.5. The maximum atomic E-state index is 14.4. The fraction of sp³-hybridized carbons (Fsp3) is 0.429. The van der Waals surface area contributed by atoms with Gasteiger partial charge in [-0.2, -0.15) is 0 Å². The van der Waals surface area contributed by atoms with Crippen molar-refractivity contribution in [2.24, 2.45) is 11.8 Å². The largest absolute Gasteiger partial charge is 0.488 e. The lowest BCUT2D eigenvalue weighted by Gasteiger charge is -2.32. The number of benzene rings is 3. The van der Waals surface area contributed by atoms with E-state index in [1.165, 1.54) is 19.7 Å². The Morgan fingerprint density at radius 2 is 1.74 bits per heavy atom. The summed E-state index contributed by atoms with van der Waals surface area (Å²) in [6.07, 6.45) is 3.74. The third-order valence-corrected chi connectivity index (χ3v) is 13.6. The van der Waals surface area contributed by atoms with Crippen LogP contribution >= 0.6 is 0 Å². The van der Waals surface area contributed by atoms with E-state index in [-0.39, 0.29) is 35.7 Å². The number of amides is 4. The van der Waals surface area contributed by atoms with Crippen LogP contribution in [0.5, 0.6) is 5.75 Å². The fourth-order valence-electron chi connectivity index (χ4n) is 10.3. The number of aromatic nitrogens is 4. The summed E-state index contributed by atoms with van der Waals surface area (Å²) in [7, 11) is 4.36. The molecule has 5 heterocycles. The molecule has 9 rings (SSSR count). The van der Waals surface area contributed by atoms with Crippen LogP contribution in [0.15, 0.2) is 66.9 Å². The quantitative estimate of drug-likeness (QED) is 0.104. The van der Waals surface area contributed by atoms with Crippen molar-refractivity contribution in [2.75, 3.05) is 34.4 Å². The number of imidazole rings is 2. The molecule has 16 nitrogen and oxygen atoms in total. The van der Waals surface area contributed by atoms with Gasteiger partial charge in [0, 0.05) is 49.5 Å². The van der Waals surface area contributed by atoms with Crippen molar-refractivity contribution in [1.29, 1.82) is 0 Å². The summed E-state index contributed by atoms with van der Waals surface area (Å²) in [4.78, 5) is 74.6. The number of aryl methyl sites for hydroxylation is 2. The van der Waals surface area contributed by atoms with Crippen LogP contribution in [0.4, 0.5) is 9.59 Å². The summed E-state index contributed by atoms with van der Waals surface area (Å²) in [5, 5.41) is 12.7. The molecule has 65 heavy (non-hydrogen) atoms. The molecule has 0 bridgehead atoms. The van der Waals surface area contributed by atoms with Crippen molar-refractivity contribution in [1.82, 2.24) is 40.0 Å². The first-order chi connectivity index (χ1) is 31.3. The zero-order valence-corrected chi connectivity index (χ0v) is 37.6. The first kappa shape index (κ1) is 43.6. The lowest BCUT2D eigenvalue weighted by atomic mass is 9.86. The Bertz CT molecular complexity index is 2620. The summed E-state index contributed by atoms with van der Waals surface area (Å²) in [6, 6.07) is 17.2. The molecule has 2 fully saturated rings. The number of aromatic amines is 2. The molecule has 5 aromatic rings. The highest BCUT2D eigenvalue weighted by Crippen LogP contribution is 2.46. The smallest absolute Gasteiger partial charge is 0.407 e. The molecule has 6 atom stereocenters. The highest BCUT2D eigenvalue weighted by Gasteiger charge is 2.44. The maximum Gasteiger partial charge on any atom is 0.407 e. The van der Waals surface area contributed by atoms with E-state index in [9.17, 15) is 24.3 Å². The molecule has 1 aliphatic carbocycles. The zero-order chi connectivity index (χ0) is 45.7. The molecule has 0 spiro atoms. The Morgan fingerprint density at radius 1 is 0.938 bits per heavy atom. The van der Waals surface area contributed by atoms with Crippen molar-refractivity contribution < 1.29 is 38.5 Å². The van der Waals surface area contributed by atoms with Crippen molar-refractivity contribution in [2.45, 2.75) is 89.7 Å². The Morgan fingerprint density at radius 3 is 2.48 bits per heavy atom. The predicted octanol–water partition coefficient (Wildman–Crippen LogP) is 7.44. The summed E-state index contributed by atoms with van der Waals surface area (Å²) in [5.41, 5.74) is 9.56. The van der Waals surface area contributed by atoms with Crippen LogP contribution in [0.3, 0.4) is 0 Å². The lowest BCUT2D eigenvalue weighted by Crippen LogP contribution is -2.52. The Balaban J connectivity index is 0.960. The molecule has 0 saturated carbocycles. The van der Waals surface area contributed by atoms with E-state index >= 15 is 0 Å². The van der Waals surface area contributed by atoms with Gasteiger partial charge in [0.15, 0.2) is 0 Å². The molecule has 4 amide bonds. The number of hydrogen-bond acceptors (Lipinski definition) is 9. The Labute approximate surface area is 377 Å². The van der Waals surface area contributed by atoms with Gasteiger partial charge in [-0.05, 0) is 91.0 Å². The molecule has 3 aliphatic heterocycles. The highest BCUT2D eigenvalue weighted by molar-refractivity contribution is 5.88. The molecular formula is C49H56N8O8. The van der Waals surface area contributed by atoms with Crippen LogP contribution in [-0.2, 0) is 38.5 Å². The molecule has 16 heteroatoms. The number of alkyl carbamates (subject to hydrolysis) is 1. The Kier molecular flexibility index (Phi) is 11.9. The van der Waals surface area contributed by atoms with Crippen LogP contribution in [0, 0.1) is 11.8 Å². The van der Waals surface area contributed by atoms with Gasteiger partial charge >= 0.3 is 12.2 Å². The molecule has 4 aliphatic rings. The third kappa shape index (κ3) is 8.08. The normalized spacial score (nSPS) is 20.5. The topological polar surface area (TPSA) is 195 Å². The summed E-state index contributed by atoms with van der Waals surface area (Å²) in [6.45, 7) is 7.09. The van der Waals surface area contributed by atoms with Crippen LogP contribution < -0.4 is 10.1 Å². The predicted molar refractivity (Wildman–Crippen MR) is 241 cm³/mol. The first-order valence-electron chi connectivity index (χ1n) is 22.4. The number of H-pyrrole nitrogens is 2. The molecule has 4 N–H and O–H groups in total. The minimum atomic E-state index is -1.19. The number of carbonyl (C=O) groups is 4. The minimum absolute atomic E-state index is 0.0196. The summed E-state index contributed by atoms with van der Waals surface area (Å²) < 4.78 is 16.8. The number of nitrogens with zero attached hydrogens (tertiary/aromatic N) is 5. The first-order valence-corrected chi connectivity index (χ1v) is 22.4. The number of fused-ring (bicyclic) bond motifs is 6.